The molecule has 1 aromatic heterocycles. The average Bonchev–Trinajstić information content (AvgIpc) is 2.59. The Kier molecular flexibility index (Phi) is 5.02. The Bertz CT molecular complexity index is 695. The van der Waals surface area contributed by atoms with Gasteiger partial charge in [0.25, 0.3) is 11.5 Å². The van der Waals surface area contributed by atoms with Crippen LogP contribution >= 0.6 is 0 Å². The van der Waals surface area contributed by atoms with E-state index in [4.69, 9.17) is 5.11 Å². The molecule has 0 saturated carbocycles. The summed E-state index contributed by atoms with van der Waals surface area (Å²) in [6, 6.07) is 1.68. The lowest BCUT2D eigenvalue weighted by molar-refractivity contribution is -0.137. The highest BCUT2D eigenvalue weighted by Crippen LogP contribution is 2.24. The molecule has 3 rings (SSSR count). The third-order valence-electron chi connectivity index (χ3n) is 5.15. The van der Waals surface area contributed by atoms with Crippen LogP contribution in [0.25, 0.3) is 0 Å². The van der Waals surface area contributed by atoms with Gasteiger partial charge >= 0.3 is 5.97 Å². The molecule has 2 heterocycles. The van der Waals surface area contributed by atoms with Crippen LogP contribution in [0.1, 0.15) is 66.6 Å². The summed E-state index contributed by atoms with van der Waals surface area (Å²) in [5.41, 5.74) is 1.92. The van der Waals surface area contributed by atoms with E-state index in [1.165, 1.54) is 0 Å². The molecule has 1 saturated heterocycles. The monoisotopic (exact) mass is 332 g/mol. The van der Waals surface area contributed by atoms with Gasteiger partial charge in [0, 0.05) is 24.7 Å². The Hall–Kier alpha value is -2.11. The molecule has 6 nitrogen and oxygen atoms in total. The predicted octanol–water partition coefficient (Wildman–Crippen LogP) is 2.11. The number of likely N-dealkylation sites (tertiary alicyclic amines) is 1. The number of H-pyrrole nitrogens is 1. The van der Waals surface area contributed by atoms with E-state index in [1.54, 1.807) is 11.0 Å². The summed E-state index contributed by atoms with van der Waals surface area (Å²) in [5.74, 6) is -1.10. The molecular formula is C18H24N2O4. The Labute approximate surface area is 140 Å². The number of rotatable bonds is 4. The van der Waals surface area contributed by atoms with E-state index in [0.717, 1.165) is 56.2 Å². The van der Waals surface area contributed by atoms with Gasteiger partial charge in [-0.05, 0) is 63.0 Å². The van der Waals surface area contributed by atoms with E-state index in [0.29, 0.717) is 13.0 Å². The van der Waals surface area contributed by atoms with Gasteiger partial charge < -0.3 is 15.0 Å². The summed E-state index contributed by atoms with van der Waals surface area (Å²) >= 11 is 0. The average molecular weight is 332 g/mol. The van der Waals surface area contributed by atoms with Crippen LogP contribution in [0.15, 0.2) is 10.9 Å². The van der Waals surface area contributed by atoms with Crippen molar-refractivity contribution >= 4 is 11.9 Å². The van der Waals surface area contributed by atoms with Crippen molar-refractivity contribution in [2.75, 3.05) is 6.54 Å². The fraction of sp³-hybridized carbons (Fsp3) is 0.611. The van der Waals surface area contributed by atoms with E-state index in [-0.39, 0.29) is 29.5 Å². The molecule has 0 bridgehead atoms. The molecule has 1 aromatic rings. The van der Waals surface area contributed by atoms with E-state index >= 15 is 0 Å². The van der Waals surface area contributed by atoms with E-state index in [2.05, 4.69) is 4.98 Å². The second-order valence-electron chi connectivity index (χ2n) is 6.80. The quantitative estimate of drug-likeness (QED) is 0.883. The number of carboxylic acids is 1. The SMILES string of the molecule is O=C(O)CCC1CCCCN1C(=O)c1cc2c([nH]c1=O)CCCC2. The number of carbonyl (C=O) groups excluding carboxylic acids is 1. The molecule has 0 spiro atoms. The van der Waals surface area contributed by atoms with Crippen molar-refractivity contribution in [2.24, 2.45) is 0 Å². The van der Waals surface area contributed by atoms with Crippen molar-refractivity contribution in [3.63, 3.8) is 0 Å². The molecule has 1 amide bonds. The molecule has 2 aliphatic rings. The van der Waals surface area contributed by atoms with Gasteiger partial charge in [-0.3, -0.25) is 14.4 Å². The number of pyridine rings is 1. The maximum atomic E-state index is 12.9. The third-order valence-corrected chi connectivity index (χ3v) is 5.15. The predicted molar refractivity (Wildman–Crippen MR) is 89.3 cm³/mol. The lowest BCUT2D eigenvalue weighted by Gasteiger charge is -2.35. The minimum atomic E-state index is -0.848. The number of carbonyl (C=O) groups is 2. The maximum Gasteiger partial charge on any atom is 0.303 e. The van der Waals surface area contributed by atoms with Crippen LogP contribution in [0, 0.1) is 0 Å². The zero-order valence-electron chi connectivity index (χ0n) is 13.8. The van der Waals surface area contributed by atoms with Crippen LogP contribution in [-0.2, 0) is 17.6 Å². The van der Waals surface area contributed by atoms with Crippen LogP contribution in [0.5, 0.6) is 0 Å². The number of aryl methyl sites for hydroxylation is 2. The van der Waals surface area contributed by atoms with E-state index < -0.39 is 5.97 Å². The van der Waals surface area contributed by atoms with Crippen molar-refractivity contribution in [1.29, 1.82) is 0 Å². The molecular weight excluding hydrogens is 308 g/mol. The summed E-state index contributed by atoms with van der Waals surface area (Å²) in [6.45, 7) is 0.597. The second-order valence-corrected chi connectivity index (χ2v) is 6.80. The zero-order chi connectivity index (χ0) is 17.1. The number of hydrogen-bond donors (Lipinski definition) is 2. The molecule has 1 aliphatic carbocycles. The second kappa shape index (κ2) is 7.20. The smallest absolute Gasteiger partial charge is 0.303 e. The topological polar surface area (TPSA) is 90.5 Å². The fourth-order valence-electron chi connectivity index (χ4n) is 3.85. The first-order valence-electron chi connectivity index (χ1n) is 8.84. The largest absolute Gasteiger partial charge is 0.481 e. The number of hydrogen-bond acceptors (Lipinski definition) is 3. The number of amides is 1. The summed E-state index contributed by atoms with van der Waals surface area (Å²) in [6.07, 6.45) is 7.11. The van der Waals surface area contributed by atoms with Crippen molar-refractivity contribution < 1.29 is 14.7 Å². The number of fused-ring (bicyclic) bond motifs is 1. The van der Waals surface area contributed by atoms with E-state index in [1.807, 2.05) is 0 Å². The first kappa shape index (κ1) is 16.7. The number of aromatic amines is 1. The number of nitrogens with zero attached hydrogens (tertiary/aromatic N) is 1. The normalized spacial score (nSPS) is 20.5. The number of piperidine rings is 1. The van der Waals surface area contributed by atoms with Crippen LogP contribution in [0.3, 0.4) is 0 Å². The van der Waals surface area contributed by atoms with E-state index in [9.17, 15) is 14.4 Å². The zero-order valence-corrected chi connectivity index (χ0v) is 13.8. The summed E-state index contributed by atoms with van der Waals surface area (Å²) < 4.78 is 0. The first-order chi connectivity index (χ1) is 11.6. The van der Waals surface area contributed by atoms with Crippen LogP contribution in [-0.4, -0.2) is 39.5 Å². The molecule has 1 atom stereocenters. The molecule has 130 valence electrons. The van der Waals surface area contributed by atoms with Gasteiger partial charge in [0.15, 0.2) is 0 Å². The highest BCUT2D eigenvalue weighted by Gasteiger charge is 2.29. The van der Waals surface area contributed by atoms with Gasteiger partial charge in [0.2, 0.25) is 0 Å². The molecule has 0 aromatic carbocycles. The lowest BCUT2D eigenvalue weighted by Crippen LogP contribution is -2.45. The van der Waals surface area contributed by atoms with Gasteiger partial charge in [-0.25, -0.2) is 0 Å². The number of nitrogens with one attached hydrogen (secondary N) is 1. The van der Waals surface area contributed by atoms with Gasteiger partial charge in [0.05, 0.1) is 0 Å². The Morgan fingerprint density at radius 1 is 1.21 bits per heavy atom. The summed E-state index contributed by atoms with van der Waals surface area (Å²) in [5, 5.41) is 8.90. The van der Waals surface area contributed by atoms with Crippen molar-refractivity contribution in [1.82, 2.24) is 9.88 Å². The van der Waals surface area contributed by atoms with Crippen molar-refractivity contribution in [3.8, 4) is 0 Å². The first-order valence-corrected chi connectivity index (χ1v) is 8.84. The summed E-state index contributed by atoms with van der Waals surface area (Å²) in [4.78, 5) is 40.7. The van der Waals surface area contributed by atoms with Gasteiger partial charge in [-0.2, -0.15) is 0 Å². The maximum absolute atomic E-state index is 12.9. The molecule has 24 heavy (non-hydrogen) atoms. The number of aliphatic carboxylic acids is 1. The Balaban J connectivity index is 1.83. The van der Waals surface area contributed by atoms with Gasteiger partial charge in [-0.15, -0.1) is 0 Å². The molecule has 1 fully saturated rings. The van der Waals surface area contributed by atoms with Crippen LogP contribution in [0.2, 0.25) is 0 Å². The van der Waals surface area contributed by atoms with Gasteiger partial charge in [0.1, 0.15) is 5.56 Å². The standard InChI is InChI=1S/C18H24N2O4/c21-16(22)9-8-13-6-3-4-10-20(13)18(24)14-11-12-5-1-2-7-15(12)19-17(14)23/h11,13H,1-10H2,(H,19,23)(H,21,22). The number of carboxylic acid groups (broad SMARTS) is 1. The molecule has 2 N–H and O–H groups in total. The summed E-state index contributed by atoms with van der Waals surface area (Å²) in [7, 11) is 0. The number of aromatic nitrogens is 1. The van der Waals surface area contributed by atoms with Crippen LogP contribution < -0.4 is 5.56 Å². The fourth-order valence-corrected chi connectivity index (χ4v) is 3.85. The molecule has 0 radical (unpaired) electrons. The molecule has 6 heteroatoms. The lowest BCUT2D eigenvalue weighted by atomic mass is 9.93. The minimum Gasteiger partial charge on any atom is -0.481 e. The minimum absolute atomic E-state index is 0.0506. The van der Waals surface area contributed by atoms with Gasteiger partial charge in [-0.1, -0.05) is 0 Å². The Morgan fingerprint density at radius 3 is 2.79 bits per heavy atom. The third kappa shape index (κ3) is 3.52. The Morgan fingerprint density at radius 2 is 2.00 bits per heavy atom. The highest BCUT2D eigenvalue weighted by atomic mass is 16.4. The molecule has 1 unspecified atom stereocenters. The highest BCUT2D eigenvalue weighted by molar-refractivity contribution is 5.94. The molecule has 1 aliphatic heterocycles. The van der Waals surface area contributed by atoms with Crippen LogP contribution in [0.4, 0.5) is 0 Å². The van der Waals surface area contributed by atoms with Crippen molar-refractivity contribution in [2.45, 2.75) is 63.8 Å². The van der Waals surface area contributed by atoms with Crippen molar-refractivity contribution in [3.05, 3.63) is 33.2 Å².